The lowest BCUT2D eigenvalue weighted by atomic mass is 9.95. The van der Waals surface area contributed by atoms with Gasteiger partial charge in [-0.1, -0.05) is 13.8 Å². The van der Waals surface area contributed by atoms with Crippen molar-refractivity contribution in [3.8, 4) is 5.75 Å². The topological polar surface area (TPSA) is 46.2 Å². The Bertz CT molecular complexity index is 336. The molecule has 0 spiro atoms. The average molecular weight is 305 g/mol. The molecule has 0 aromatic heterocycles. The van der Waals surface area contributed by atoms with Crippen LogP contribution in [0.3, 0.4) is 0 Å². The zero-order valence-corrected chi connectivity index (χ0v) is 10.9. The van der Waals surface area contributed by atoms with Crippen molar-refractivity contribution in [2.24, 2.45) is 11.7 Å². The van der Waals surface area contributed by atoms with Gasteiger partial charge in [-0.2, -0.15) is 0 Å². The Labute approximate surface area is 98.7 Å². The first-order valence-electron chi connectivity index (χ1n) is 4.68. The molecule has 78 valence electrons. The standard InChI is InChI=1S/C11H16INO/c1-6(2)11(13)8-5-9(12)7(3)4-10(8)14/h4-6,11,14H,13H2,1-3H3/t11-/m1/s1. The Morgan fingerprint density at radius 2 is 1.93 bits per heavy atom. The number of halogens is 1. The van der Waals surface area contributed by atoms with Crippen LogP contribution in [0, 0.1) is 16.4 Å². The van der Waals surface area contributed by atoms with Gasteiger partial charge in [0.1, 0.15) is 5.75 Å². The molecule has 1 aromatic carbocycles. The summed E-state index contributed by atoms with van der Waals surface area (Å²) in [5, 5.41) is 9.75. The third-order valence-electron chi connectivity index (χ3n) is 2.39. The van der Waals surface area contributed by atoms with Crippen LogP contribution in [-0.2, 0) is 0 Å². The van der Waals surface area contributed by atoms with Crippen LogP contribution in [-0.4, -0.2) is 5.11 Å². The lowest BCUT2D eigenvalue weighted by Crippen LogP contribution is -2.17. The first-order valence-corrected chi connectivity index (χ1v) is 5.76. The van der Waals surface area contributed by atoms with Gasteiger partial charge in [0, 0.05) is 15.2 Å². The van der Waals surface area contributed by atoms with Crippen molar-refractivity contribution < 1.29 is 5.11 Å². The van der Waals surface area contributed by atoms with Crippen LogP contribution in [0.2, 0.25) is 0 Å². The summed E-state index contributed by atoms with van der Waals surface area (Å²) in [4.78, 5) is 0. The van der Waals surface area contributed by atoms with E-state index in [0.717, 1.165) is 14.7 Å². The molecule has 3 heteroatoms. The Morgan fingerprint density at radius 1 is 1.36 bits per heavy atom. The molecular formula is C11H16INO. The van der Waals surface area contributed by atoms with E-state index in [9.17, 15) is 5.11 Å². The van der Waals surface area contributed by atoms with Crippen LogP contribution in [0.25, 0.3) is 0 Å². The second-order valence-electron chi connectivity index (χ2n) is 3.93. The summed E-state index contributed by atoms with van der Waals surface area (Å²) in [5.41, 5.74) is 7.92. The van der Waals surface area contributed by atoms with E-state index in [1.165, 1.54) is 0 Å². The molecule has 14 heavy (non-hydrogen) atoms. The van der Waals surface area contributed by atoms with Gasteiger partial charge in [0.25, 0.3) is 0 Å². The Kier molecular flexibility index (Phi) is 3.78. The molecule has 0 bridgehead atoms. The van der Waals surface area contributed by atoms with Crippen molar-refractivity contribution in [1.29, 1.82) is 0 Å². The summed E-state index contributed by atoms with van der Waals surface area (Å²) < 4.78 is 1.14. The Morgan fingerprint density at radius 3 is 2.43 bits per heavy atom. The highest BCUT2D eigenvalue weighted by Gasteiger charge is 2.15. The maximum absolute atomic E-state index is 9.75. The second-order valence-corrected chi connectivity index (χ2v) is 5.09. The normalized spacial score (nSPS) is 13.3. The van der Waals surface area contributed by atoms with E-state index >= 15 is 0 Å². The second kappa shape index (κ2) is 4.49. The minimum absolute atomic E-state index is 0.0934. The summed E-state index contributed by atoms with van der Waals surface area (Å²) in [6.07, 6.45) is 0. The van der Waals surface area contributed by atoms with Crippen molar-refractivity contribution >= 4 is 22.6 Å². The largest absolute Gasteiger partial charge is 0.508 e. The lowest BCUT2D eigenvalue weighted by molar-refractivity contribution is 0.439. The molecule has 0 saturated carbocycles. The van der Waals surface area contributed by atoms with E-state index in [2.05, 4.69) is 36.4 Å². The maximum atomic E-state index is 9.75. The average Bonchev–Trinajstić information content (AvgIpc) is 2.10. The predicted molar refractivity (Wildman–Crippen MR) is 67.3 cm³/mol. The quantitative estimate of drug-likeness (QED) is 0.825. The molecule has 0 heterocycles. The number of nitrogens with two attached hydrogens (primary N) is 1. The van der Waals surface area contributed by atoms with E-state index in [0.29, 0.717) is 11.7 Å². The van der Waals surface area contributed by atoms with Crippen molar-refractivity contribution in [1.82, 2.24) is 0 Å². The van der Waals surface area contributed by atoms with Crippen LogP contribution < -0.4 is 5.73 Å². The molecule has 1 atom stereocenters. The van der Waals surface area contributed by atoms with Gasteiger partial charge >= 0.3 is 0 Å². The van der Waals surface area contributed by atoms with Gasteiger partial charge in [0.05, 0.1) is 0 Å². The molecule has 3 N–H and O–H groups in total. The fourth-order valence-electron chi connectivity index (χ4n) is 1.31. The summed E-state index contributed by atoms with van der Waals surface area (Å²) >= 11 is 2.26. The highest BCUT2D eigenvalue weighted by molar-refractivity contribution is 14.1. The van der Waals surface area contributed by atoms with Gasteiger partial charge in [0.15, 0.2) is 0 Å². The summed E-state index contributed by atoms with van der Waals surface area (Å²) in [7, 11) is 0. The van der Waals surface area contributed by atoms with Gasteiger partial charge in [-0.05, 0) is 53.1 Å². The molecule has 0 aliphatic rings. The first kappa shape index (κ1) is 11.8. The number of hydrogen-bond donors (Lipinski definition) is 2. The molecular weight excluding hydrogens is 289 g/mol. The highest BCUT2D eigenvalue weighted by atomic mass is 127. The number of hydrogen-bond acceptors (Lipinski definition) is 2. The fraction of sp³-hybridized carbons (Fsp3) is 0.455. The van der Waals surface area contributed by atoms with Crippen molar-refractivity contribution in [3.05, 3.63) is 26.8 Å². The molecule has 1 rings (SSSR count). The molecule has 0 radical (unpaired) electrons. The van der Waals surface area contributed by atoms with E-state index in [1.54, 1.807) is 6.07 Å². The molecule has 0 fully saturated rings. The third-order valence-corrected chi connectivity index (χ3v) is 3.55. The smallest absolute Gasteiger partial charge is 0.120 e. The number of aryl methyl sites for hydroxylation is 1. The molecule has 2 nitrogen and oxygen atoms in total. The molecule has 1 aromatic rings. The SMILES string of the molecule is Cc1cc(O)c([C@H](N)C(C)C)cc1I. The zero-order chi connectivity index (χ0) is 10.9. The van der Waals surface area contributed by atoms with Gasteiger partial charge in [-0.15, -0.1) is 0 Å². The molecule has 0 unspecified atom stereocenters. The van der Waals surface area contributed by atoms with Gasteiger partial charge in [-0.3, -0.25) is 0 Å². The monoisotopic (exact) mass is 305 g/mol. The van der Waals surface area contributed by atoms with Crippen LogP contribution in [0.15, 0.2) is 12.1 Å². The maximum Gasteiger partial charge on any atom is 0.120 e. The van der Waals surface area contributed by atoms with Crippen LogP contribution in [0.1, 0.15) is 31.0 Å². The van der Waals surface area contributed by atoms with Crippen LogP contribution >= 0.6 is 22.6 Å². The van der Waals surface area contributed by atoms with Gasteiger partial charge in [0.2, 0.25) is 0 Å². The van der Waals surface area contributed by atoms with Crippen molar-refractivity contribution in [2.75, 3.05) is 0 Å². The van der Waals surface area contributed by atoms with E-state index < -0.39 is 0 Å². The summed E-state index contributed by atoms with van der Waals surface area (Å²) in [6, 6.07) is 3.65. The number of aromatic hydroxyl groups is 1. The van der Waals surface area contributed by atoms with Crippen molar-refractivity contribution in [2.45, 2.75) is 26.8 Å². The molecule has 0 aliphatic heterocycles. The van der Waals surface area contributed by atoms with Crippen LogP contribution in [0.4, 0.5) is 0 Å². The summed E-state index contributed by atoms with van der Waals surface area (Å²) in [6.45, 7) is 6.08. The predicted octanol–water partition coefficient (Wildman–Crippen LogP) is 2.96. The van der Waals surface area contributed by atoms with E-state index in [1.807, 2.05) is 13.0 Å². The highest BCUT2D eigenvalue weighted by Crippen LogP contribution is 2.30. The lowest BCUT2D eigenvalue weighted by Gasteiger charge is -2.18. The Hall–Kier alpha value is -0.290. The minimum atomic E-state index is -0.0934. The molecule has 0 amide bonds. The van der Waals surface area contributed by atoms with Crippen molar-refractivity contribution in [3.63, 3.8) is 0 Å². The Balaban J connectivity index is 3.15. The van der Waals surface area contributed by atoms with E-state index in [4.69, 9.17) is 5.73 Å². The zero-order valence-electron chi connectivity index (χ0n) is 8.71. The number of phenols is 1. The number of rotatable bonds is 2. The summed E-state index contributed by atoms with van der Waals surface area (Å²) in [5.74, 6) is 0.642. The first-order chi connectivity index (χ1) is 6.43. The minimum Gasteiger partial charge on any atom is -0.508 e. The van der Waals surface area contributed by atoms with Gasteiger partial charge in [-0.25, -0.2) is 0 Å². The third kappa shape index (κ3) is 2.39. The number of benzene rings is 1. The number of phenolic OH excluding ortho intramolecular Hbond substituents is 1. The molecule has 0 saturated heterocycles. The van der Waals surface area contributed by atoms with Crippen LogP contribution in [0.5, 0.6) is 5.75 Å². The van der Waals surface area contributed by atoms with Gasteiger partial charge < -0.3 is 10.8 Å². The fourth-order valence-corrected chi connectivity index (χ4v) is 1.80. The molecule has 0 aliphatic carbocycles. The van der Waals surface area contributed by atoms with E-state index in [-0.39, 0.29) is 6.04 Å².